The Bertz CT molecular complexity index is 1420. The summed E-state index contributed by atoms with van der Waals surface area (Å²) in [5.41, 5.74) is 1.96. The molecule has 9 heteroatoms. The summed E-state index contributed by atoms with van der Waals surface area (Å²) in [6.45, 7) is 20.6. The second-order valence-corrected chi connectivity index (χ2v) is 13.5. The van der Waals surface area contributed by atoms with E-state index in [1.54, 1.807) is 6.20 Å². The number of rotatable bonds is 17. The fraction of sp³-hybridized carbons (Fsp3) is 0.571. The fourth-order valence-electron chi connectivity index (χ4n) is 5.13. The highest BCUT2D eigenvalue weighted by Crippen LogP contribution is 2.47. The maximum atomic E-state index is 12.5. The van der Waals surface area contributed by atoms with E-state index in [-0.39, 0.29) is 16.2 Å². The first-order valence-electron chi connectivity index (χ1n) is 15.3. The van der Waals surface area contributed by atoms with Crippen LogP contribution in [0.15, 0.2) is 51.9 Å². The van der Waals surface area contributed by atoms with Gasteiger partial charge in [0.25, 0.3) is 0 Å². The van der Waals surface area contributed by atoms with Crippen molar-refractivity contribution in [3.8, 4) is 16.9 Å². The number of ether oxygens (including phenoxy) is 5. The summed E-state index contributed by atoms with van der Waals surface area (Å²) in [6, 6.07) is 9.25. The highest BCUT2D eigenvalue weighted by molar-refractivity contribution is 5.81. The van der Waals surface area contributed by atoms with Crippen LogP contribution >= 0.6 is 0 Å². The largest absolute Gasteiger partial charge is 0.491 e. The van der Waals surface area contributed by atoms with E-state index in [2.05, 4.69) is 53.5 Å². The van der Waals surface area contributed by atoms with Gasteiger partial charge in [-0.2, -0.15) is 0 Å². The summed E-state index contributed by atoms with van der Waals surface area (Å²) in [5.74, 6) is 1.03. The molecule has 2 heterocycles. The van der Waals surface area contributed by atoms with Crippen LogP contribution in [0.5, 0.6) is 5.75 Å². The van der Waals surface area contributed by atoms with Gasteiger partial charge < -0.3 is 28.1 Å². The number of benzene rings is 1. The van der Waals surface area contributed by atoms with Gasteiger partial charge in [0.15, 0.2) is 11.5 Å². The Morgan fingerprint density at radius 3 is 2.07 bits per heavy atom. The zero-order valence-electron chi connectivity index (χ0n) is 27.7. The molecule has 3 rings (SSSR count). The van der Waals surface area contributed by atoms with Crippen molar-refractivity contribution in [1.82, 2.24) is 4.98 Å². The van der Waals surface area contributed by atoms with Crippen LogP contribution in [0.1, 0.15) is 60.5 Å². The number of aryl methyl sites for hydroxylation is 1. The molecular weight excluding hydrogens is 560 g/mol. The summed E-state index contributed by atoms with van der Waals surface area (Å²) in [7, 11) is 0. The van der Waals surface area contributed by atoms with E-state index in [9.17, 15) is 4.79 Å². The van der Waals surface area contributed by atoms with Crippen molar-refractivity contribution in [1.29, 1.82) is 5.41 Å². The molecule has 0 aliphatic rings. The molecule has 242 valence electrons. The first kappa shape index (κ1) is 35.2. The van der Waals surface area contributed by atoms with Crippen LogP contribution in [0.3, 0.4) is 0 Å². The van der Waals surface area contributed by atoms with Crippen molar-refractivity contribution in [2.24, 2.45) is 16.2 Å². The van der Waals surface area contributed by atoms with E-state index >= 15 is 0 Å². The average Bonchev–Trinajstić information content (AvgIpc) is 2.94. The third kappa shape index (κ3) is 10.1. The standard InChI is InChI=1S/C35H50N2O7/c1-25-21-26(28-22-27-11-12-37-23-30(27)44-31(28)38)9-10-29(25)42-19-17-40-15-13-39-14-16-41-18-20-43-32(36)35(7,8)34(5,6)24-33(2,3)4/h9-12,21-23,36H,13-20,24H2,1-8H3. The third-order valence-corrected chi connectivity index (χ3v) is 7.96. The molecule has 0 atom stereocenters. The number of aromatic nitrogens is 1. The first-order chi connectivity index (χ1) is 20.7. The molecule has 3 aromatic rings. The minimum atomic E-state index is -0.401. The second-order valence-electron chi connectivity index (χ2n) is 13.5. The molecule has 0 fully saturated rings. The normalized spacial score (nSPS) is 12.5. The number of nitrogens with one attached hydrogen (secondary N) is 1. The van der Waals surface area contributed by atoms with Crippen LogP contribution in [-0.4, -0.2) is 63.7 Å². The molecule has 0 aliphatic carbocycles. The lowest BCUT2D eigenvalue weighted by Gasteiger charge is -2.44. The van der Waals surface area contributed by atoms with Crippen molar-refractivity contribution in [3.05, 3.63) is 58.7 Å². The Morgan fingerprint density at radius 1 is 0.841 bits per heavy atom. The molecule has 44 heavy (non-hydrogen) atoms. The van der Waals surface area contributed by atoms with Gasteiger partial charge >= 0.3 is 5.63 Å². The molecule has 0 radical (unpaired) electrons. The highest BCUT2D eigenvalue weighted by Gasteiger charge is 2.43. The summed E-state index contributed by atoms with van der Waals surface area (Å²) in [6.07, 6.45) is 4.20. The van der Waals surface area contributed by atoms with Crippen molar-refractivity contribution >= 4 is 16.9 Å². The van der Waals surface area contributed by atoms with E-state index in [1.165, 1.54) is 6.20 Å². The lowest BCUT2D eigenvalue weighted by atomic mass is 9.61. The Labute approximate surface area is 261 Å². The van der Waals surface area contributed by atoms with Gasteiger partial charge in [-0.05, 0) is 59.6 Å². The average molecular weight is 611 g/mol. The topological polar surface area (TPSA) is 113 Å². The van der Waals surface area contributed by atoms with Gasteiger partial charge in [-0.3, -0.25) is 10.4 Å². The fourth-order valence-corrected chi connectivity index (χ4v) is 5.13. The molecule has 0 unspecified atom stereocenters. The molecule has 9 nitrogen and oxygen atoms in total. The lowest BCUT2D eigenvalue weighted by Crippen LogP contribution is -2.43. The van der Waals surface area contributed by atoms with Gasteiger partial charge in [-0.15, -0.1) is 0 Å². The van der Waals surface area contributed by atoms with Gasteiger partial charge in [-0.1, -0.05) is 54.5 Å². The lowest BCUT2D eigenvalue weighted by molar-refractivity contribution is 0.00225. The van der Waals surface area contributed by atoms with Crippen LogP contribution in [0.2, 0.25) is 0 Å². The smallest absolute Gasteiger partial charge is 0.344 e. The minimum Gasteiger partial charge on any atom is -0.491 e. The van der Waals surface area contributed by atoms with Crippen molar-refractivity contribution in [2.45, 2.75) is 61.8 Å². The molecule has 1 N–H and O–H groups in total. The zero-order chi connectivity index (χ0) is 32.4. The monoisotopic (exact) mass is 610 g/mol. The van der Waals surface area contributed by atoms with Crippen molar-refractivity contribution in [3.63, 3.8) is 0 Å². The number of hydrogen-bond acceptors (Lipinski definition) is 9. The summed E-state index contributed by atoms with van der Waals surface area (Å²) in [4.78, 5) is 16.5. The summed E-state index contributed by atoms with van der Waals surface area (Å²) in [5, 5.41) is 9.30. The molecule has 0 saturated heterocycles. The summed E-state index contributed by atoms with van der Waals surface area (Å²) < 4.78 is 33.8. The second kappa shape index (κ2) is 15.6. The predicted octanol–water partition coefficient (Wildman–Crippen LogP) is 7.07. The molecule has 1 aromatic carbocycles. The molecular formula is C35H50N2O7. The van der Waals surface area contributed by atoms with Gasteiger partial charge in [0.05, 0.1) is 51.4 Å². The third-order valence-electron chi connectivity index (χ3n) is 7.96. The van der Waals surface area contributed by atoms with Gasteiger partial charge in [0.2, 0.25) is 0 Å². The van der Waals surface area contributed by atoms with Crippen LogP contribution in [0.4, 0.5) is 0 Å². The predicted molar refractivity (Wildman–Crippen MR) is 174 cm³/mol. The molecule has 0 aliphatic heterocycles. The molecule has 2 aromatic heterocycles. The molecule has 0 spiro atoms. The Hall–Kier alpha value is -3.27. The quantitative estimate of drug-likeness (QED) is 0.0981. The van der Waals surface area contributed by atoms with Gasteiger partial charge in [0.1, 0.15) is 19.0 Å². The van der Waals surface area contributed by atoms with Crippen LogP contribution in [0.25, 0.3) is 22.1 Å². The van der Waals surface area contributed by atoms with Crippen molar-refractivity contribution < 1.29 is 28.1 Å². The Kier molecular flexibility index (Phi) is 12.5. The number of pyridine rings is 1. The Morgan fingerprint density at radius 2 is 1.45 bits per heavy atom. The van der Waals surface area contributed by atoms with Gasteiger partial charge in [-0.25, -0.2) is 4.79 Å². The molecule has 0 amide bonds. The molecule has 0 bridgehead atoms. The van der Waals surface area contributed by atoms with Crippen LogP contribution in [0, 0.1) is 28.6 Å². The maximum Gasteiger partial charge on any atom is 0.344 e. The van der Waals surface area contributed by atoms with Gasteiger partial charge in [0, 0.05) is 17.0 Å². The van der Waals surface area contributed by atoms with E-state index in [4.69, 9.17) is 33.5 Å². The van der Waals surface area contributed by atoms with Crippen LogP contribution in [-0.2, 0) is 18.9 Å². The van der Waals surface area contributed by atoms with Crippen molar-refractivity contribution in [2.75, 3.05) is 52.9 Å². The SMILES string of the molecule is Cc1cc(-c2cc3ccncc3oc2=O)ccc1OCCOCCOCCOCCOC(=N)C(C)(C)C(C)(C)CC(C)(C)C. The Balaban J connectivity index is 1.24. The number of hydrogen-bond donors (Lipinski definition) is 1. The van der Waals surface area contributed by atoms with E-state index in [0.29, 0.717) is 69.9 Å². The highest BCUT2D eigenvalue weighted by atomic mass is 16.6. The maximum absolute atomic E-state index is 12.5. The minimum absolute atomic E-state index is 0.0753. The number of nitrogens with zero attached hydrogens (tertiary/aromatic N) is 1. The number of fused-ring (bicyclic) bond motifs is 1. The van der Waals surface area contributed by atoms with E-state index in [1.807, 2.05) is 37.3 Å². The van der Waals surface area contributed by atoms with E-state index in [0.717, 1.165) is 28.7 Å². The summed E-state index contributed by atoms with van der Waals surface area (Å²) >= 11 is 0. The zero-order valence-corrected chi connectivity index (χ0v) is 27.7. The van der Waals surface area contributed by atoms with E-state index < -0.39 is 5.63 Å². The molecule has 0 saturated carbocycles. The first-order valence-corrected chi connectivity index (χ1v) is 15.3. The van der Waals surface area contributed by atoms with Crippen LogP contribution < -0.4 is 10.4 Å².